The molecule has 0 N–H and O–H groups in total. The fourth-order valence-corrected chi connectivity index (χ4v) is 8.72. The largest absolute Gasteiger partial charge is 0.462 e. The van der Waals surface area contributed by atoms with Crippen molar-refractivity contribution in [2.24, 2.45) is 0 Å². The third-order valence-corrected chi connectivity index (χ3v) is 13.3. The smallest absolute Gasteiger partial charge is 0.306 e. The van der Waals surface area contributed by atoms with Gasteiger partial charge in [0.15, 0.2) is 6.10 Å². The van der Waals surface area contributed by atoms with Crippen molar-refractivity contribution in [2.45, 2.75) is 316 Å². The summed E-state index contributed by atoms with van der Waals surface area (Å²) in [6.07, 6.45) is 73.8. The van der Waals surface area contributed by atoms with E-state index in [-0.39, 0.29) is 37.5 Å². The highest BCUT2D eigenvalue weighted by molar-refractivity contribution is 5.71. The topological polar surface area (TPSA) is 78.9 Å². The number of hydrogen-bond donors (Lipinski definition) is 0. The molecule has 0 aliphatic carbocycles. The van der Waals surface area contributed by atoms with Crippen LogP contribution in [0.3, 0.4) is 0 Å². The first kappa shape index (κ1) is 67.1. The summed E-state index contributed by atoms with van der Waals surface area (Å²) >= 11 is 0. The van der Waals surface area contributed by atoms with E-state index in [1.54, 1.807) is 0 Å². The van der Waals surface area contributed by atoms with Gasteiger partial charge >= 0.3 is 17.9 Å². The molecular formula is C64H114O6. The second kappa shape index (κ2) is 58.7. The van der Waals surface area contributed by atoms with Crippen LogP contribution >= 0.6 is 0 Å². The number of carbonyl (C=O) groups excluding carboxylic acids is 3. The van der Waals surface area contributed by atoms with Gasteiger partial charge in [-0.25, -0.2) is 0 Å². The van der Waals surface area contributed by atoms with Crippen molar-refractivity contribution in [3.8, 4) is 0 Å². The average Bonchev–Trinajstić information content (AvgIpc) is 3.36. The van der Waals surface area contributed by atoms with E-state index in [4.69, 9.17) is 14.2 Å². The molecule has 0 aliphatic rings. The van der Waals surface area contributed by atoms with Crippen molar-refractivity contribution < 1.29 is 28.6 Å². The highest BCUT2D eigenvalue weighted by Crippen LogP contribution is 2.16. The van der Waals surface area contributed by atoms with E-state index in [1.165, 1.54) is 186 Å². The molecule has 406 valence electrons. The molecule has 0 saturated heterocycles. The Morgan fingerprint density at radius 2 is 0.557 bits per heavy atom. The van der Waals surface area contributed by atoms with Crippen LogP contribution in [0, 0.1) is 0 Å². The lowest BCUT2D eigenvalue weighted by atomic mass is 10.0. The molecule has 0 aromatic rings. The van der Waals surface area contributed by atoms with Gasteiger partial charge in [0.05, 0.1) is 0 Å². The molecule has 0 radical (unpaired) electrons. The van der Waals surface area contributed by atoms with Gasteiger partial charge < -0.3 is 14.2 Å². The molecule has 6 heteroatoms. The van der Waals surface area contributed by atoms with Gasteiger partial charge in [0, 0.05) is 19.3 Å². The average molecular weight is 980 g/mol. The second-order valence-electron chi connectivity index (χ2n) is 20.2. The maximum Gasteiger partial charge on any atom is 0.306 e. The molecular weight excluding hydrogens is 865 g/mol. The van der Waals surface area contributed by atoms with Crippen molar-refractivity contribution in [1.82, 2.24) is 0 Å². The second-order valence-corrected chi connectivity index (χ2v) is 20.2. The summed E-state index contributed by atoms with van der Waals surface area (Å²) in [6.45, 7) is 6.52. The van der Waals surface area contributed by atoms with Gasteiger partial charge in [0.2, 0.25) is 0 Å². The van der Waals surface area contributed by atoms with Crippen molar-refractivity contribution >= 4 is 17.9 Å². The fraction of sp³-hybridized carbons (Fsp3) is 0.797. The highest BCUT2D eigenvalue weighted by Gasteiger charge is 2.19. The standard InChI is InChI=1S/C64H114O6/c1-4-7-10-13-16-19-22-25-27-28-29-30-31-32-33-34-35-36-38-39-42-45-48-51-54-57-63(66)69-60-61(59-68-62(65)56-53-50-47-44-41-24-21-18-15-12-9-6-3)70-64(67)58-55-52-49-46-43-40-37-26-23-20-17-14-11-8-5-2/h8,11,17,20,26,28-29,37,43,46,61H,4-7,9-10,12-16,18-19,21-25,27,30-36,38-42,44-45,47-60H2,1-3H3/b11-8-,20-17-,29-28-,37-26-,46-43-. The van der Waals surface area contributed by atoms with Gasteiger partial charge in [-0.3, -0.25) is 14.4 Å². The molecule has 0 spiro atoms. The Kier molecular flexibility index (Phi) is 56.3. The number of hydrogen-bond acceptors (Lipinski definition) is 6. The minimum absolute atomic E-state index is 0.0879. The number of esters is 3. The minimum atomic E-state index is -0.793. The lowest BCUT2D eigenvalue weighted by Crippen LogP contribution is -2.30. The van der Waals surface area contributed by atoms with Crippen LogP contribution in [0.5, 0.6) is 0 Å². The van der Waals surface area contributed by atoms with E-state index < -0.39 is 6.10 Å². The molecule has 6 nitrogen and oxygen atoms in total. The van der Waals surface area contributed by atoms with Crippen LogP contribution < -0.4 is 0 Å². The fourth-order valence-electron chi connectivity index (χ4n) is 8.72. The van der Waals surface area contributed by atoms with Crippen LogP contribution in [-0.2, 0) is 28.6 Å². The number of rotatable bonds is 55. The molecule has 70 heavy (non-hydrogen) atoms. The molecule has 0 rings (SSSR count). The molecule has 1 atom stereocenters. The summed E-state index contributed by atoms with van der Waals surface area (Å²) in [6, 6.07) is 0. The third kappa shape index (κ3) is 56.0. The van der Waals surface area contributed by atoms with E-state index in [0.717, 1.165) is 77.0 Å². The van der Waals surface area contributed by atoms with Crippen molar-refractivity contribution in [2.75, 3.05) is 13.2 Å². The molecule has 0 bridgehead atoms. The SMILES string of the molecule is CC/C=C\C/C=C\C/C=C\C/C=C\CCCCC(=O)OC(COC(=O)CCCCCCCCCCCCCC)COC(=O)CCCCCCCCCCCCCCC/C=C\CCCCCCCCCC. The Balaban J connectivity index is 4.27. The lowest BCUT2D eigenvalue weighted by Gasteiger charge is -2.18. The summed E-state index contributed by atoms with van der Waals surface area (Å²) in [5.41, 5.74) is 0. The molecule has 0 aromatic heterocycles. The molecule has 0 saturated carbocycles. The van der Waals surface area contributed by atoms with Gasteiger partial charge in [0.25, 0.3) is 0 Å². The maximum absolute atomic E-state index is 12.8. The Hall–Kier alpha value is -2.89. The Morgan fingerprint density at radius 1 is 0.300 bits per heavy atom. The van der Waals surface area contributed by atoms with Crippen molar-refractivity contribution in [3.05, 3.63) is 60.8 Å². The number of ether oxygens (including phenoxy) is 3. The van der Waals surface area contributed by atoms with E-state index in [9.17, 15) is 14.4 Å². The predicted molar refractivity (Wildman–Crippen MR) is 302 cm³/mol. The summed E-state index contributed by atoms with van der Waals surface area (Å²) in [4.78, 5) is 38.1. The molecule has 0 aliphatic heterocycles. The van der Waals surface area contributed by atoms with E-state index in [0.29, 0.717) is 19.3 Å². The van der Waals surface area contributed by atoms with Crippen molar-refractivity contribution in [3.63, 3.8) is 0 Å². The zero-order valence-electron chi connectivity index (χ0n) is 46.5. The number of unbranched alkanes of at least 4 members (excludes halogenated alkanes) is 34. The maximum atomic E-state index is 12.8. The first-order chi connectivity index (χ1) is 34.5. The van der Waals surface area contributed by atoms with Crippen LogP contribution in [0.25, 0.3) is 0 Å². The van der Waals surface area contributed by atoms with Crippen LogP contribution in [0.1, 0.15) is 310 Å². The normalized spacial score (nSPS) is 12.4. The van der Waals surface area contributed by atoms with Gasteiger partial charge in [-0.2, -0.15) is 0 Å². The Bertz CT molecular complexity index is 1260. The lowest BCUT2D eigenvalue weighted by molar-refractivity contribution is -0.167. The number of carbonyl (C=O) groups is 3. The zero-order valence-corrected chi connectivity index (χ0v) is 46.5. The monoisotopic (exact) mass is 979 g/mol. The van der Waals surface area contributed by atoms with Crippen LogP contribution in [-0.4, -0.2) is 37.2 Å². The summed E-state index contributed by atoms with van der Waals surface area (Å²) in [5, 5.41) is 0. The molecule has 1 unspecified atom stereocenters. The van der Waals surface area contributed by atoms with Gasteiger partial charge in [-0.15, -0.1) is 0 Å². The quantitative estimate of drug-likeness (QED) is 0.0261. The van der Waals surface area contributed by atoms with E-state index >= 15 is 0 Å². The van der Waals surface area contributed by atoms with Gasteiger partial charge in [0.1, 0.15) is 13.2 Å². The Morgan fingerprint density at radius 3 is 0.914 bits per heavy atom. The van der Waals surface area contributed by atoms with Gasteiger partial charge in [-0.1, -0.05) is 268 Å². The summed E-state index contributed by atoms with van der Waals surface area (Å²) in [7, 11) is 0. The number of allylic oxidation sites excluding steroid dienone is 10. The first-order valence-corrected chi connectivity index (χ1v) is 30.3. The van der Waals surface area contributed by atoms with Crippen LogP contribution in [0.4, 0.5) is 0 Å². The third-order valence-electron chi connectivity index (χ3n) is 13.3. The highest BCUT2D eigenvalue weighted by atomic mass is 16.6. The summed E-state index contributed by atoms with van der Waals surface area (Å²) in [5.74, 6) is -0.917. The molecule has 0 fully saturated rings. The zero-order chi connectivity index (χ0) is 50.7. The first-order valence-electron chi connectivity index (χ1n) is 30.3. The van der Waals surface area contributed by atoms with Crippen LogP contribution in [0.2, 0.25) is 0 Å². The van der Waals surface area contributed by atoms with E-state index in [1.807, 2.05) is 0 Å². The Labute approximate surface area is 434 Å². The van der Waals surface area contributed by atoms with Crippen LogP contribution in [0.15, 0.2) is 60.8 Å². The van der Waals surface area contributed by atoms with Crippen molar-refractivity contribution in [1.29, 1.82) is 0 Å². The molecule has 0 amide bonds. The molecule has 0 heterocycles. The van der Waals surface area contributed by atoms with E-state index in [2.05, 4.69) is 81.5 Å². The minimum Gasteiger partial charge on any atom is -0.462 e. The molecule has 0 aromatic carbocycles. The predicted octanol–water partition coefficient (Wildman–Crippen LogP) is 20.4. The summed E-state index contributed by atoms with van der Waals surface area (Å²) < 4.78 is 16.8. The van der Waals surface area contributed by atoms with Gasteiger partial charge in [-0.05, 0) is 83.5 Å².